The Morgan fingerprint density at radius 2 is 1.04 bits per heavy atom. The molecule has 1 aromatic heterocycles. The maximum atomic E-state index is 6.11. The van der Waals surface area contributed by atoms with Crippen LogP contribution in [0.3, 0.4) is 0 Å². The van der Waals surface area contributed by atoms with E-state index >= 15 is 0 Å². The first-order valence-electron chi connectivity index (χ1n) is 18.7. The lowest BCUT2D eigenvalue weighted by Gasteiger charge is -2.32. The average molecular weight is 696 g/mol. The van der Waals surface area contributed by atoms with Gasteiger partial charge in [-0.05, 0) is 111 Å². The molecule has 1 heterocycles. The highest BCUT2D eigenvalue weighted by Crippen LogP contribution is 2.42. The number of hydrogen-bond donors (Lipinski definition) is 0. The first kappa shape index (κ1) is 33.2. The molecule has 9 rings (SSSR count). The lowest BCUT2D eigenvalue weighted by atomic mass is 9.75. The smallest absolute Gasteiger partial charge is 0.135 e. The molecule has 0 spiro atoms. The molecule has 0 aliphatic heterocycles. The Labute approximate surface area is 317 Å². The van der Waals surface area contributed by atoms with Crippen LogP contribution in [-0.2, 0) is 11.8 Å². The fourth-order valence-electron chi connectivity index (χ4n) is 7.73. The van der Waals surface area contributed by atoms with Crippen molar-refractivity contribution in [2.75, 3.05) is 4.90 Å². The van der Waals surface area contributed by atoms with Crippen LogP contribution in [0.25, 0.3) is 55.3 Å². The minimum Gasteiger partial charge on any atom is -0.456 e. The molecule has 260 valence electrons. The van der Waals surface area contributed by atoms with E-state index in [-0.39, 0.29) is 5.41 Å². The molecule has 0 radical (unpaired) electrons. The van der Waals surface area contributed by atoms with Crippen molar-refractivity contribution in [3.8, 4) is 33.4 Å². The van der Waals surface area contributed by atoms with Gasteiger partial charge in [-0.15, -0.1) is 0 Å². The molecule has 54 heavy (non-hydrogen) atoms. The summed E-state index contributed by atoms with van der Waals surface area (Å²) in [4.78, 5) is 2.37. The molecule has 0 N–H and O–H groups in total. The van der Waals surface area contributed by atoms with E-state index in [0.29, 0.717) is 0 Å². The van der Waals surface area contributed by atoms with E-state index in [9.17, 15) is 0 Å². The molecule has 2 heteroatoms. The van der Waals surface area contributed by atoms with Crippen LogP contribution in [0.5, 0.6) is 0 Å². The van der Waals surface area contributed by atoms with E-state index < -0.39 is 0 Å². The van der Waals surface area contributed by atoms with Crippen molar-refractivity contribution >= 4 is 39.0 Å². The Morgan fingerprint density at radius 3 is 1.72 bits per heavy atom. The number of hydrogen-bond acceptors (Lipinski definition) is 2. The predicted molar refractivity (Wildman–Crippen MR) is 229 cm³/mol. The van der Waals surface area contributed by atoms with Crippen molar-refractivity contribution in [1.82, 2.24) is 0 Å². The lowest BCUT2D eigenvalue weighted by Crippen LogP contribution is -2.21. The summed E-state index contributed by atoms with van der Waals surface area (Å²) < 4.78 is 6.11. The summed E-state index contributed by atoms with van der Waals surface area (Å²) in [5.41, 5.74) is 15.7. The van der Waals surface area contributed by atoms with Gasteiger partial charge in [0.25, 0.3) is 0 Å². The molecule has 0 atom stereocenters. The van der Waals surface area contributed by atoms with Gasteiger partial charge < -0.3 is 9.32 Å². The van der Waals surface area contributed by atoms with Gasteiger partial charge in [0.15, 0.2) is 0 Å². The largest absolute Gasteiger partial charge is 0.456 e. The molecule has 7 aromatic carbocycles. The third kappa shape index (κ3) is 6.16. The zero-order chi connectivity index (χ0) is 36.6. The van der Waals surface area contributed by atoms with Crippen LogP contribution >= 0.6 is 0 Å². The Hall–Kier alpha value is -6.64. The Kier molecular flexibility index (Phi) is 8.44. The maximum absolute atomic E-state index is 6.11. The SMILES string of the molecule is C=C1/C=C\C=C/Cc2ccc(N(c3ccc(-c4ccc(-c5ccccc5)cc4)cc3)c3ccc(-c4ccc5oc6ccccc6c5c4)cc3)cc2C1(C)C. The van der Waals surface area contributed by atoms with Gasteiger partial charge in [0, 0.05) is 33.2 Å². The quantitative estimate of drug-likeness (QED) is 0.172. The zero-order valence-corrected chi connectivity index (χ0v) is 30.7. The van der Waals surface area contributed by atoms with Gasteiger partial charge in [-0.1, -0.05) is 154 Å². The number of allylic oxidation sites excluding steroid dienone is 5. The van der Waals surface area contributed by atoms with Crippen LogP contribution < -0.4 is 4.90 Å². The Balaban J connectivity index is 1.11. The highest BCUT2D eigenvalue weighted by molar-refractivity contribution is 6.06. The summed E-state index contributed by atoms with van der Waals surface area (Å²) in [6.45, 7) is 9.06. The van der Waals surface area contributed by atoms with Crippen molar-refractivity contribution in [1.29, 1.82) is 0 Å². The fraction of sp³-hybridized carbons (Fsp3) is 0.0769. The second kappa shape index (κ2) is 13.7. The summed E-state index contributed by atoms with van der Waals surface area (Å²) in [6, 6.07) is 58.9. The van der Waals surface area contributed by atoms with Crippen LogP contribution in [0.1, 0.15) is 25.0 Å². The van der Waals surface area contributed by atoms with E-state index in [1.54, 1.807) is 0 Å². The van der Waals surface area contributed by atoms with E-state index in [4.69, 9.17) is 4.42 Å². The van der Waals surface area contributed by atoms with Gasteiger partial charge in [-0.25, -0.2) is 0 Å². The minimum absolute atomic E-state index is 0.241. The standard InChI is InChI=1S/C52H41NO/c1-36-12-6-4-9-15-42-26-32-46(35-49(42)52(36,2)3)53(44-28-22-40(23-29-44)39-20-18-38(19-21-39)37-13-7-5-8-14-37)45-30-24-41(25-31-45)43-27-33-51-48(34-43)47-16-10-11-17-50(47)54-51/h4-14,16-35H,1,15H2,2-3H3/b9-4-,12-6-. The van der Waals surface area contributed by atoms with Gasteiger partial charge in [-0.2, -0.15) is 0 Å². The molecule has 0 bridgehead atoms. The van der Waals surface area contributed by atoms with E-state index in [1.807, 2.05) is 12.1 Å². The second-order valence-electron chi connectivity index (χ2n) is 14.7. The van der Waals surface area contributed by atoms with Crippen LogP contribution in [0.2, 0.25) is 0 Å². The molecule has 1 aliphatic rings. The zero-order valence-electron chi connectivity index (χ0n) is 30.7. The molecule has 0 fully saturated rings. The van der Waals surface area contributed by atoms with Gasteiger partial charge in [0.05, 0.1) is 0 Å². The number of para-hydroxylation sites is 1. The summed E-state index contributed by atoms with van der Waals surface area (Å²) in [6.07, 6.45) is 9.48. The van der Waals surface area contributed by atoms with Crippen molar-refractivity contribution < 1.29 is 4.42 Å². The number of nitrogens with zero attached hydrogens (tertiary/aromatic N) is 1. The van der Waals surface area contributed by atoms with Crippen LogP contribution in [0.4, 0.5) is 17.1 Å². The number of rotatable bonds is 6. The van der Waals surface area contributed by atoms with Crippen LogP contribution in [0.15, 0.2) is 205 Å². The predicted octanol–water partition coefficient (Wildman–Crippen LogP) is 14.6. The monoisotopic (exact) mass is 695 g/mol. The molecule has 2 nitrogen and oxygen atoms in total. The molecule has 0 saturated carbocycles. The number of benzene rings is 7. The summed E-state index contributed by atoms with van der Waals surface area (Å²) in [5.74, 6) is 0. The molecule has 0 saturated heterocycles. The van der Waals surface area contributed by atoms with E-state index in [1.165, 1.54) is 33.4 Å². The first-order valence-corrected chi connectivity index (χ1v) is 18.7. The van der Waals surface area contributed by atoms with Gasteiger partial charge in [0.1, 0.15) is 11.2 Å². The van der Waals surface area contributed by atoms with E-state index in [2.05, 4.69) is 201 Å². The van der Waals surface area contributed by atoms with Crippen molar-refractivity contribution in [2.45, 2.75) is 25.7 Å². The average Bonchev–Trinajstić information content (AvgIpc) is 3.61. The Bertz CT molecular complexity index is 2690. The number of fused-ring (bicyclic) bond motifs is 4. The molecule has 8 aromatic rings. The van der Waals surface area contributed by atoms with Gasteiger partial charge in [-0.3, -0.25) is 0 Å². The third-order valence-corrected chi connectivity index (χ3v) is 11.0. The molecule has 0 unspecified atom stereocenters. The summed E-state index contributed by atoms with van der Waals surface area (Å²) in [7, 11) is 0. The van der Waals surface area contributed by atoms with Crippen molar-refractivity contribution in [2.24, 2.45) is 0 Å². The Morgan fingerprint density at radius 1 is 0.500 bits per heavy atom. The molecular weight excluding hydrogens is 655 g/mol. The fourth-order valence-corrected chi connectivity index (χ4v) is 7.73. The first-order chi connectivity index (χ1) is 26.4. The van der Waals surface area contributed by atoms with Crippen LogP contribution in [-0.4, -0.2) is 0 Å². The normalized spacial score (nSPS) is 14.9. The summed E-state index contributed by atoms with van der Waals surface area (Å²) >= 11 is 0. The van der Waals surface area contributed by atoms with E-state index in [0.717, 1.165) is 62.1 Å². The highest BCUT2D eigenvalue weighted by atomic mass is 16.3. The third-order valence-electron chi connectivity index (χ3n) is 11.0. The maximum Gasteiger partial charge on any atom is 0.135 e. The lowest BCUT2D eigenvalue weighted by molar-refractivity contribution is 0.635. The summed E-state index contributed by atoms with van der Waals surface area (Å²) in [5, 5.41) is 2.27. The number of furan rings is 1. The molecule has 1 aliphatic carbocycles. The van der Waals surface area contributed by atoms with Gasteiger partial charge >= 0.3 is 0 Å². The highest BCUT2D eigenvalue weighted by Gasteiger charge is 2.27. The molecular formula is C52H41NO. The van der Waals surface area contributed by atoms with Crippen molar-refractivity contribution in [3.63, 3.8) is 0 Å². The van der Waals surface area contributed by atoms with Crippen LogP contribution in [0, 0.1) is 0 Å². The van der Waals surface area contributed by atoms with Gasteiger partial charge in [0.2, 0.25) is 0 Å². The molecule has 0 amide bonds. The second-order valence-corrected chi connectivity index (χ2v) is 14.7. The topological polar surface area (TPSA) is 16.4 Å². The number of anilines is 3. The van der Waals surface area contributed by atoms with Crippen molar-refractivity contribution in [3.05, 3.63) is 211 Å². The minimum atomic E-state index is -0.241.